The topological polar surface area (TPSA) is 52.6 Å². The van der Waals surface area contributed by atoms with Gasteiger partial charge in [-0.15, -0.1) is 0 Å². The standard InChI is InChI=1S/C20H15FN2O2/c21-14-7-5-13(6-8-14)19-22-18-4-2-1-3-17(18)20(25)23(19)15-9-11-16(24)12-10-15/h1-12,19,22,24H/t19-/m1/s1. The van der Waals surface area contributed by atoms with Crippen molar-refractivity contribution < 1.29 is 14.3 Å². The quantitative estimate of drug-likeness (QED) is 0.734. The summed E-state index contributed by atoms with van der Waals surface area (Å²) in [4.78, 5) is 14.7. The number of halogens is 1. The molecule has 1 atom stereocenters. The fraction of sp³-hybridized carbons (Fsp3) is 0.0500. The van der Waals surface area contributed by atoms with Gasteiger partial charge in [-0.1, -0.05) is 24.3 Å². The Bertz CT molecular complexity index is 923. The average molecular weight is 334 g/mol. The first-order valence-electron chi connectivity index (χ1n) is 7.87. The van der Waals surface area contributed by atoms with Crippen LogP contribution in [0.25, 0.3) is 0 Å². The van der Waals surface area contributed by atoms with Gasteiger partial charge in [0.15, 0.2) is 0 Å². The molecule has 1 amide bonds. The molecule has 0 unspecified atom stereocenters. The van der Waals surface area contributed by atoms with Crippen LogP contribution in [-0.2, 0) is 0 Å². The van der Waals surface area contributed by atoms with Crippen LogP contribution in [0.5, 0.6) is 5.75 Å². The number of benzene rings is 3. The molecule has 2 N–H and O–H groups in total. The van der Waals surface area contributed by atoms with E-state index in [2.05, 4.69) is 5.32 Å². The zero-order valence-electron chi connectivity index (χ0n) is 13.2. The van der Waals surface area contributed by atoms with E-state index in [1.54, 1.807) is 35.2 Å². The molecular formula is C20H15FN2O2. The number of nitrogens with zero attached hydrogens (tertiary/aromatic N) is 1. The highest BCUT2D eigenvalue weighted by molar-refractivity contribution is 6.12. The molecule has 1 heterocycles. The van der Waals surface area contributed by atoms with Gasteiger partial charge in [0.1, 0.15) is 17.7 Å². The molecule has 0 spiro atoms. The maximum Gasteiger partial charge on any atom is 0.262 e. The van der Waals surface area contributed by atoms with E-state index in [1.165, 1.54) is 24.3 Å². The zero-order valence-corrected chi connectivity index (χ0v) is 13.2. The van der Waals surface area contributed by atoms with Crippen molar-refractivity contribution in [3.63, 3.8) is 0 Å². The monoisotopic (exact) mass is 334 g/mol. The van der Waals surface area contributed by atoms with Crippen molar-refractivity contribution in [1.82, 2.24) is 0 Å². The summed E-state index contributed by atoms with van der Waals surface area (Å²) in [6, 6.07) is 19.8. The Morgan fingerprint density at radius 3 is 2.32 bits per heavy atom. The van der Waals surface area contributed by atoms with E-state index in [4.69, 9.17) is 0 Å². The minimum Gasteiger partial charge on any atom is -0.508 e. The number of fused-ring (bicyclic) bond motifs is 1. The number of hydrogen-bond donors (Lipinski definition) is 2. The highest BCUT2D eigenvalue weighted by Crippen LogP contribution is 2.36. The van der Waals surface area contributed by atoms with Gasteiger partial charge in [0.25, 0.3) is 5.91 Å². The summed E-state index contributed by atoms with van der Waals surface area (Å²) >= 11 is 0. The average Bonchev–Trinajstić information content (AvgIpc) is 2.63. The molecular weight excluding hydrogens is 319 g/mol. The van der Waals surface area contributed by atoms with Crippen LogP contribution in [0.4, 0.5) is 15.8 Å². The highest BCUT2D eigenvalue weighted by atomic mass is 19.1. The minimum absolute atomic E-state index is 0.125. The van der Waals surface area contributed by atoms with Crippen molar-refractivity contribution in [2.75, 3.05) is 10.2 Å². The van der Waals surface area contributed by atoms with Crippen LogP contribution >= 0.6 is 0 Å². The second kappa shape index (κ2) is 5.94. The lowest BCUT2D eigenvalue weighted by atomic mass is 10.0. The molecule has 0 saturated carbocycles. The van der Waals surface area contributed by atoms with E-state index < -0.39 is 6.17 Å². The molecule has 0 aromatic heterocycles. The van der Waals surface area contributed by atoms with E-state index in [-0.39, 0.29) is 17.5 Å². The maximum atomic E-state index is 13.3. The van der Waals surface area contributed by atoms with E-state index in [9.17, 15) is 14.3 Å². The van der Waals surface area contributed by atoms with Crippen LogP contribution in [0.2, 0.25) is 0 Å². The smallest absolute Gasteiger partial charge is 0.262 e. The second-order valence-electron chi connectivity index (χ2n) is 5.84. The van der Waals surface area contributed by atoms with Crippen molar-refractivity contribution in [2.24, 2.45) is 0 Å². The maximum absolute atomic E-state index is 13.3. The van der Waals surface area contributed by atoms with Gasteiger partial charge in [0.05, 0.1) is 5.56 Å². The molecule has 124 valence electrons. The van der Waals surface area contributed by atoms with Gasteiger partial charge in [0.2, 0.25) is 0 Å². The molecule has 3 aromatic carbocycles. The lowest BCUT2D eigenvalue weighted by Gasteiger charge is -2.38. The summed E-state index contributed by atoms with van der Waals surface area (Å²) in [6.45, 7) is 0. The summed E-state index contributed by atoms with van der Waals surface area (Å²) in [5.74, 6) is -0.364. The molecule has 1 aliphatic heterocycles. The van der Waals surface area contributed by atoms with Gasteiger partial charge in [-0.3, -0.25) is 9.69 Å². The number of phenols is 1. The first-order valence-corrected chi connectivity index (χ1v) is 7.87. The molecule has 0 fully saturated rings. The third-order valence-corrected chi connectivity index (χ3v) is 4.24. The Balaban J connectivity index is 1.85. The fourth-order valence-electron chi connectivity index (χ4n) is 3.01. The first kappa shape index (κ1) is 15.2. The number of anilines is 2. The summed E-state index contributed by atoms with van der Waals surface area (Å²) in [5.41, 5.74) is 2.70. The summed E-state index contributed by atoms with van der Waals surface area (Å²) in [6.07, 6.45) is -0.479. The van der Waals surface area contributed by atoms with Crippen LogP contribution in [-0.4, -0.2) is 11.0 Å². The highest BCUT2D eigenvalue weighted by Gasteiger charge is 2.33. The van der Waals surface area contributed by atoms with Crippen LogP contribution in [0.3, 0.4) is 0 Å². The number of phenolic OH excluding ortho intramolecular Hbond substituents is 1. The number of amides is 1. The van der Waals surface area contributed by atoms with E-state index in [1.807, 2.05) is 18.2 Å². The second-order valence-corrected chi connectivity index (χ2v) is 5.84. The normalized spacial score (nSPS) is 16.3. The minimum atomic E-state index is -0.479. The molecule has 1 aliphatic rings. The van der Waals surface area contributed by atoms with Gasteiger partial charge in [0, 0.05) is 11.4 Å². The molecule has 4 rings (SSSR count). The third-order valence-electron chi connectivity index (χ3n) is 4.24. The summed E-state index contributed by atoms with van der Waals surface area (Å²) in [7, 11) is 0. The van der Waals surface area contributed by atoms with Gasteiger partial charge in [-0.25, -0.2) is 4.39 Å². The number of nitrogens with one attached hydrogen (secondary N) is 1. The van der Waals surface area contributed by atoms with Crippen molar-refractivity contribution in [3.8, 4) is 5.75 Å². The predicted molar refractivity (Wildman–Crippen MR) is 94.1 cm³/mol. The van der Waals surface area contributed by atoms with E-state index in [0.717, 1.165) is 11.3 Å². The number of rotatable bonds is 2. The van der Waals surface area contributed by atoms with Gasteiger partial charge < -0.3 is 10.4 Å². The van der Waals surface area contributed by atoms with Gasteiger partial charge in [-0.2, -0.15) is 0 Å². The summed E-state index contributed by atoms with van der Waals surface area (Å²) < 4.78 is 13.3. The molecule has 3 aromatic rings. The van der Waals surface area contributed by atoms with Crippen LogP contribution in [0.15, 0.2) is 72.8 Å². The molecule has 0 bridgehead atoms. The fourth-order valence-corrected chi connectivity index (χ4v) is 3.01. The van der Waals surface area contributed by atoms with Crippen molar-refractivity contribution in [1.29, 1.82) is 0 Å². The molecule has 0 saturated heterocycles. The number of para-hydroxylation sites is 1. The van der Waals surface area contributed by atoms with E-state index >= 15 is 0 Å². The predicted octanol–water partition coefficient (Wildman–Crippen LogP) is 4.30. The van der Waals surface area contributed by atoms with Crippen molar-refractivity contribution in [3.05, 3.63) is 89.7 Å². The number of carbonyl (C=O) groups is 1. The Hall–Kier alpha value is -3.34. The van der Waals surface area contributed by atoms with Crippen LogP contribution in [0, 0.1) is 5.82 Å². The van der Waals surface area contributed by atoms with Gasteiger partial charge >= 0.3 is 0 Å². The van der Waals surface area contributed by atoms with Crippen LogP contribution < -0.4 is 10.2 Å². The Labute approximate surface area is 144 Å². The number of aromatic hydroxyl groups is 1. The lowest BCUT2D eigenvalue weighted by molar-refractivity contribution is 0.0975. The number of carbonyl (C=O) groups excluding carboxylic acids is 1. The molecule has 0 radical (unpaired) electrons. The SMILES string of the molecule is O=C1c2ccccc2N[C@@H](c2ccc(F)cc2)N1c1ccc(O)cc1. The Kier molecular flexibility index (Phi) is 3.61. The largest absolute Gasteiger partial charge is 0.508 e. The van der Waals surface area contributed by atoms with Crippen molar-refractivity contribution in [2.45, 2.75) is 6.17 Å². The summed E-state index contributed by atoms with van der Waals surface area (Å²) in [5, 5.41) is 12.9. The lowest BCUT2D eigenvalue weighted by Crippen LogP contribution is -2.43. The zero-order chi connectivity index (χ0) is 17.4. The van der Waals surface area contributed by atoms with Gasteiger partial charge in [-0.05, 0) is 54.1 Å². The Morgan fingerprint density at radius 1 is 0.920 bits per heavy atom. The van der Waals surface area contributed by atoms with Crippen molar-refractivity contribution >= 4 is 17.3 Å². The van der Waals surface area contributed by atoms with E-state index in [0.29, 0.717) is 11.3 Å². The van der Waals surface area contributed by atoms with Crippen LogP contribution in [0.1, 0.15) is 22.1 Å². The molecule has 4 nitrogen and oxygen atoms in total. The molecule has 0 aliphatic carbocycles. The number of hydrogen-bond acceptors (Lipinski definition) is 3. The third kappa shape index (κ3) is 2.70. The Morgan fingerprint density at radius 2 is 1.60 bits per heavy atom. The molecule has 5 heteroatoms. The first-order chi connectivity index (χ1) is 12.1. The molecule has 25 heavy (non-hydrogen) atoms.